The van der Waals surface area contributed by atoms with Gasteiger partial charge < -0.3 is 13.9 Å². The van der Waals surface area contributed by atoms with Crippen LogP contribution in [0.3, 0.4) is 0 Å². The highest BCUT2D eigenvalue weighted by Crippen LogP contribution is 2.22. The fourth-order valence-corrected chi connectivity index (χ4v) is 2.51. The highest BCUT2D eigenvalue weighted by molar-refractivity contribution is 7.80. The Morgan fingerprint density at radius 3 is 2.24 bits per heavy atom. The molecule has 0 aromatic heterocycles. The van der Waals surface area contributed by atoms with Gasteiger partial charge in [-0.1, -0.05) is 24.3 Å². The molecule has 3 nitrogen and oxygen atoms in total. The van der Waals surface area contributed by atoms with Gasteiger partial charge >= 0.3 is 0 Å². The number of hydrogen-bond donors (Lipinski definition) is 1. The number of benzene rings is 1. The molecule has 96 valence electrons. The minimum absolute atomic E-state index is 0.561. The largest absolute Gasteiger partial charge is 0.380 e. The lowest BCUT2D eigenvalue weighted by atomic mass is 10.0. The topological polar surface area (TPSA) is 27.7 Å². The minimum atomic E-state index is -0.946. The number of thiol groups is 1. The number of hydrogen-bond acceptors (Lipinski definition) is 4. The molecular weight excluding hydrogens is 252 g/mol. The second-order valence-electron chi connectivity index (χ2n) is 3.71. The lowest BCUT2D eigenvalue weighted by Gasteiger charge is -2.30. The molecule has 0 N–H and O–H groups in total. The number of methoxy groups -OCH3 is 2. The molecule has 0 aliphatic heterocycles. The Kier molecular flexibility index (Phi) is 6.22. The molecule has 0 saturated carbocycles. The monoisotopic (exact) mass is 272 g/mol. The third-order valence-corrected chi connectivity index (χ3v) is 3.69. The summed E-state index contributed by atoms with van der Waals surface area (Å²) in [6.45, 7) is 0. The van der Waals surface area contributed by atoms with Crippen molar-refractivity contribution in [3.05, 3.63) is 35.4 Å². The van der Waals surface area contributed by atoms with Crippen molar-refractivity contribution in [2.45, 2.75) is 18.8 Å². The van der Waals surface area contributed by atoms with Gasteiger partial charge in [0.25, 0.3) is 5.97 Å². The Hall–Kier alpha value is -0.333. The van der Waals surface area contributed by atoms with E-state index in [2.05, 4.69) is 24.8 Å². The molecule has 0 fully saturated rings. The summed E-state index contributed by atoms with van der Waals surface area (Å²) >= 11 is 4.27. The molecule has 0 heterocycles. The van der Waals surface area contributed by atoms with Crippen LogP contribution in [-0.2, 0) is 26.7 Å². The smallest absolute Gasteiger partial charge is 0.276 e. The molecule has 1 aromatic carbocycles. The molecule has 0 spiro atoms. The lowest BCUT2D eigenvalue weighted by Crippen LogP contribution is -2.39. The van der Waals surface area contributed by atoms with Gasteiger partial charge in [-0.25, -0.2) is 0 Å². The van der Waals surface area contributed by atoms with E-state index in [9.17, 15) is 0 Å². The first-order valence-electron chi connectivity index (χ1n) is 5.54. The van der Waals surface area contributed by atoms with E-state index in [1.807, 2.05) is 12.1 Å². The number of ether oxygens (including phenoxy) is 2. The summed E-state index contributed by atoms with van der Waals surface area (Å²) in [5.74, 6) is -0.120. The molecule has 0 unspecified atom stereocenters. The molecule has 0 saturated heterocycles. The van der Waals surface area contributed by atoms with Gasteiger partial charge in [0, 0.05) is 14.2 Å². The van der Waals surface area contributed by atoms with E-state index in [0.29, 0.717) is 16.9 Å². The zero-order chi connectivity index (χ0) is 12.7. The fourth-order valence-electron chi connectivity index (χ4n) is 1.79. The summed E-state index contributed by atoms with van der Waals surface area (Å²) in [7, 11) is 3.76. The molecule has 1 aromatic rings. The van der Waals surface area contributed by atoms with Gasteiger partial charge in [0.2, 0.25) is 0 Å². The van der Waals surface area contributed by atoms with Crippen LogP contribution >= 0.6 is 12.6 Å². The first-order valence-corrected chi connectivity index (χ1v) is 6.99. The normalized spacial score (nSPS) is 11.9. The molecule has 17 heavy (non-hydrogen) atoms. The maximum Gasteiger partial charge on any atom is 0.276 e. The molecule has 0 atom stereocenters. The first-order chi connectivity index (χ1) is 8.21. The highest BCUT2D eigenvalue weighted by atomic mass is 32.1. The lowest BCUT2D eigenvalue weighted by molar-refractivity contribution is -0.320. The molecule has 0 aliphatic rings. The summed E-state index contributed by atoms with van der Waals surface area (Å²) in [5, 5.41) is 0. The van der Waals surface area contributed by atoms with Crippen LogP contribution in [0.4, 0.5) is 0 Å². The fraction of sp³-hybridized carbons (Fsp3) is 0.500. The Morgan fingerprint density at radius 1 is 1.18 bits per heavy atom. The molecule has 0 bridgehead atoms. The van der Waals surface area contributed by atoms with Crippen molar-refractivity contribution in [2.75, 3.05) is 20.0 Å². The van der Waals surface area contributed by atoms with Crippen LogP contribution < -0.4 is 0 Å². The minimum Gasteiger partial charge on any atom is -0.380 e. The number of aryl methyl sites for hydroxylation is 1. The van der Waals surface area contributed by atoms with Crippen molar-refractivity contribution >= 4 is 23.1 Å². The molecule has 5 heteroatoms. The van der Waals surface area contributed by atoms with Crippen molar-refractivity contribution in [1.82, 2.24) is 0 Å². The van der Waals surface area contributed by atoms with Crippen molar-refractivity contribution in [1.29, 1.82) is 0 Å². The molecule has 1 rings (SSSR count). The summed E-state index contributed by atoms with van der Waals surface area (Å²) in [6.07, 6.45) is 1.53. The van der Waals surface area contributed by atoms with Crippen LogP contribution in [0, 0.1) is 0 Å². The standard InChI is InChI=1S/C12H20O3SSi/c1-13-12(14-2,15-17)9-11-6-4-3-5-10(11)7-8-16/h3-6,16H,7-9H2,1-2,17H3. The van der Waals surface area contributed by atoms with Crippen molar-refractivity contribution < 1.29 is 13.9 Å². The van der Waals surface area contributed by atoms with E-state index in [1.54, 1.807) is 14.2 Å². The highest BCUT2D eigenvalue weighted by Gasteiger charge is 2.29. The molecular formula is C12H20O3SSi. The SMILES string of the molecule is COC(Cc1ccccc1CCS)(OC)O[SiH3]. The Balaban J connectivity index is 2.92. The van der Waals surface area contributed by atoms with Crippen LogP contribution in [-0.4, -0.2) is 36.4 Å². The van der Waals surface area contributed by atoms with Gasteiger partial charge in [0.05, 0.1) is 6.42 Å². The maximum atomic E-state index is 5.45. The van der Waals surface area contributed by atoms with Crippen LogP contribution in [0.25, 0.3) is 0 Å². The zero-order valence-electron chi connectivity index (χ0n) is 10.6. The van der Waals surface area contributed by atoms with Gasteiger partial charge in [-0.2, -0.15) is 12.6 Å². The van der Waals surface area contributed by atoms with E-state index in [4.69, 9.17) is 13.9 Å². The van der Waals surface area contributed by atoms with Gasteiger partial charge in [0.1, 0.15) is 0 Å². The maximum absolute atomic E-state index is 5.45. The van der Waals surface area contributed by atoms with Gasteiger partial charge in [0.15, 0.2) is 10.5 Å². The van der Waals surface area contributed by atoms with Crippen LogP contribution in [0.15, 0.2) is 24.3 Å². The van der Waals surface area contributed by atoms with Gasteiger partial charge in [-0.05, 0) is 23.3 Å². The van der Waals surface area contributed by atoms with Crippen molar-refractivity contribution in [2.24, 2.45) is 0 Å². The third kappa shape index (κ3) is 3.82. The van der Waals surface area contributed by atoms with E-state index >= 15 is 0 Å². The summed E-state index contributed by atoms with van der Waals surface area (Å²) in [5.41, 5.74) is 2.45. The molecule has 0 aliphatic carbocycles. The van der Waals surface area contributed by atoms with E-state index in [-0.39, 0.29) is 0 Å². The third-order valence-electron chi connectivity index (χ3n) is 2.84. The van der Waals surface area contributed by atoms with Gasteiger partial charge in [-0.15, -0.1) is 0 Å². The second kappa shape index (κ2) is 7.18. The average molecular weight is 272 g/mol. The predicted octanol–water partition coefficient (Wildman–Crippen LogP) is 0.945. The Bertz CT molecular complexity index is 334. The summed E-state index contributed by atoms with van der Waals surface area (Å²) in [4.78, 5) is 0. The molecule has 0 amide bonds. The Labute approximate surface area is 111 Å². The zero-order valence-corrected chi connectivity index (χ0v) is 13.5. The number of rotatable bonds is 7. The quantitative estimate of drug-likeness (QED) is 0.455. The van der Waals surface area contributed by atoms with Crippen molar-refractivity contribution in [3.63, 3.8) is 0 Å². The average Bonchev–Trinajstić information content (AvgIpc) is 2.38. The molecule has 0 radical (unpaired) electrons. The van der Waals surface area contributed by atoms with Crippen LogP contribution in [0.5, 0.6) is 0 Å². The predicted molar refractivity (Wildman–Crippen MR) is 75.5 cm³/mol. The first kappa shape index (κ1) is 14.7. The Morgan fingerprint density at radius 2 is 1.76 bits per heavy atom. The van der Waals surface area contributed by atoms with Crippen LogP contribution in [0.1, 0.15) is 11.1 Å². The van der Waals surface area contributed by atoms with E-state index in [0.717, 1.165) is 12.2 Å². The van der Waals surface area contributed by atoms with Crippen LogP contribution in [0.2, 0.25) is 0 Å². The van der Waals surface area contributed by atoms with E-state index < -0.39 is 5.97 Å². The second-order valence-corrected chi connectivity index (χ2v) is 4.57. The summed E-state index contributed by atoms with van der Waals surface area (Å²) < 4.78 is 16.1. The van der Waals surface area contributed by atoms with Gasteiger partial charge in [-0.3, -0.25) is 0 Å². The van der Waals surface area contributed by atoms with E-state index in [1.165, 1.54) is 11.1 Å². The summed E-state index contributed by atoms with van der Waals surface area (Å²) in [6, 6.07) is 8.23. The van der Waals surface area contributed by atoms with Crippen molar-refractivity contribution in [3.8, 4) is 0 Å².